The number of ketones is 1. The summed E-state index contributed by atoms with van der Waals surface area (Å²) in [5, 5.41) is 21.2. The summed E-state index contributed by atoms with van der Waals surface area (Å²) < 4.78 is 27.4. The van der Waals surface area contributed by atoms with Gasteiger partial charge >= 0.3 is 0 Å². The number of Topliss-reactive ketones (excluding diaryl/α,β-unsaturated/α-hetero) is 1. The quantitative estimate of drug-likeness (QED) is 0.342. The maximum atomic E-state index is 13.9. The Morgan fingerprint density at radius 1 is 0.935 bits per heavy atom. The first-order valence-corrected chi connectivity index (χ1v) is 9.46. The highest BCUT2D eigenvalue weighted by atomic mass is 35.5. The zero-order valence-electron chi connectivity index (χ0n) is 15.7. The van der Waals surface area contributed by atoms with Crippen molar-refractivity contribution in [2.75, 3.05) is 4.90 Å². The van der Waals surface area contributed by atoms with Crippen LogP contribution in [0.1, 0.15) is 17.2 Å². The number of aliphatic hydroxyl groups excluding tert-OH is 1. The fourth-order valence-corrected chi connectivity index (χ4v) is 3.63. The van der Waals surface area contributed by atoms with Gasteiger partial charge in [0.25, 0.3) is 11.7 Å². The third-order valence-electron chi connectivity index (χ3n) is 4.93. The number of nitrogens with zero attached hydrogens (tertiary/aromatic N) is 1. The minimum atomic E-state index is -1.20. The van der Waals surface area contributed by atoms with E-state index in [1.165, 1.54) is 48.5 Å². The Hall–Kier alpha value is -3.71. The molecule has 3 aromatic carbocycles. The summed E-state index contributed by atoms with van der Waals surface area (Å²) in [4.78, 5) is 26.8. The second-order valence-electron chi connectivity index (χ2n) is 6.87. The number of carbonyl (C=O) groups is 2. The van der Waals surface area contributed by atoms with Gasteiger partial charge < -0.3 is 10.2 Å². The van der Waals surface area contributed by atoms with Crippen LogP contribution in [-0.4, -0.2) is 21.9 Å². The molecule has 0 bridgehead atoms. The lowest BCUT2D eigenvalue weighted by Crippen LogP contribution is -2.29. The fraction of sp³-hybridized carbons (Fsp3) is 0.0435. The molecule has 0 aromatic heterocycles. The monoisotopic (exact) mass is 441 g/mol. The molecule has 2 N–H and O–H groups in total. The van der Waals surface area contributed by atoms with Crippen molar-refractivity contribution in [3.63, 3.8) is 0 Å². The van der Waals surface area contributed by atoms with Crippen molar-refractivity contribution in [3.8, 4) is 5.75 Å². The number of phenols is 1. The van der Waals surface area contributed by atoms with Crippen LogP contribution in [-0.2, 0) is 9.59 Å². The first-order valence-electron chi connectivity index (χ1n) is 9.09. The molecule has 0 spiro atoms. The number of carbonyl (C=O) groups excluding carboxylic acids is 2. The Bertz CT molecular complexity index is 1240. The van der Waals surface area contributed by atoms with Gasteiger partial charge in [0.05, 0.1) is 11.6 Å². The summed E-state index contributed by atoms with van der Waals surface area (Å²) in [6, 6.07) is 13.3. The highest BCUT2D eigenvalue weighted by Gasteiger charge is 2.47. The molecule has 0 saturated carbocycles. The van der Waals surface area contributed by atoms with E-state index >= 15 is 0 Å². The van der Waals surface area contributed by atoms with Crippen molar-refractivity contribution in [1.82, 2.24) is 0 Å². The van der Waals surface area contributed by atoms with E-state index in [1.54, 1.807) is 0 Å². The molecule has 3 aromatic rings. The van der Waals surface area contributed by atoms with Crippen LogP contribution < -0.4 is 4.90 Å². The average Bonchev–Trinajstić information content (AvgIpc) is 3.01. The van der Waals surface area contributed by atoms with E-state index in [1.807, 2.05) is 0 Å². The summed E-state index contributed by atoms with van der Waals surface area (Å²) in [6.07, 6.45) is 0. The lowest BCUT2D eigenvalue weighted by molar-refractivity contribution is -0.132. The van der Waals surface area contributed by atoms with Gasteiger partial charge in [-0.15, -0.1) is 0 Å². The van der Waals surface area contributed by atoms with Gasteiger partial charge in [0.15, 0.2) is 11.6 Å². The molecule has 1 aliphatic heterocycles. The highest BCUT2D eigenvalue weighted by Crippen LogP contribution is 2.43. The molecule has 1 saturated heterocycles. The predicted octanol–water partition coefficient (Wildman–Crippen LogP) is 4.95. The molecule has 8 heteroatoms. The SMILES string of the molecule is O=C1C(=O)N(c2ccc(F)c(F)c2)C(c2cccc(O)c2)/C1=C(\O)c1ccc(Cl)cc1. The van der Waals surface area contributed by atoms with E-state index in [0.717, 1.165) is 23.1 Å². The Morgan fingerprint density at radius 3 is 2.29 bits per heavy atom. The summed E-state index contributed by atoms with van der Waals surface area (Å²) in [7, 11) is 0. The lowest BCUT2D eigenvalue weighted by Gasteiger charge is -2.25. The van der Waals surface area contributed by atoms with Crippen molar-refractivity contribution in [1.29, 1.82) is 0 Å². The molecule has 1 amide bonds. The lowest BCUT2D eigenvalue weighted by atomic mass is 9.95. The maximum Gasteiger partial charge on any atom is 0.300 e. The van der Waals surface area contributed by atoms with Crippen LogP contribution in [0.25, 0.3) is 5.76 Å². The Labute approximate surface area is 180 Å². The summed E-state index contributed by atoms with van der Waals surface area (Å²) in [6.45, 7) is 0. The van der Waals surface area contributed by atoms with E-state index < -0.39 is 35.1 Å². The minimum Gasteiger partial charge on any atom is -0.508 e. The second kappa shape index (κ2) is 7.85. The number of hydrogen-bond acceptors (Lipinski definition) is 4. The Balaban J connectivity index is 1.96. The van der Waals surface area contributed by atoms with Gasteiger partial charge in [-0.25, -0.2) is 8.78 Å². The van der Waals surface area contributed by atoms with Crippen LogP contribution >= 0.6 is 11.6 Å². The molecule has 5 nitrogen and oxygen atoms in total. The second-order valence-corrected chi connectivity index (χ2v) is 7.31. The standard InChI is InChI=1S/C23H14ClF2NO4/c24-14-6-4-12(5-7-14)21(29)19-20(13-2-1-3-16(28)10-13)27(23(31)22(19)30)15-8-9-17(25)18(26)11-15/h1-11,20,28-29H/b21-19+. The number of anilines is 1. The van der Waals surface area contributed by atoms with Gasteiger partial charge in [-0.3, -0.25) is 14.5 Å². The number of aliphatic hydroxyl groups is 1. The average molecular weight is 442 g/mol. The van der Waals surface area contributed by atoms with Crippen LogP contribution in [0.15, 0.2) is 72.3 Å². The molecule has 31 heavy (non-hydrogen) atoms. The van der Waals surface area contributed by atoms with Crippen LogP contribution in [0, 0.1) is 11.6 Å². The maximum absolute atomic E-state index is 13.9. The first kappa shape index (κ1) is 20.6. The van der Waals surface area contributed by atoms with Gasteiger partial charge in [-0.2, -0.15) is 0 Å². The van der Waals surface area contributed by atoms with Gasteiger partial charge in [-0.05, 0) is 54.1 Å². The third kappa shape index (κ3) is 3.64. The van der Waals surface area contributed by atoms with E-state index in [9.17, 15) is 28.6 Å². The molecule has 0 aliphatic carbocycles. The van der Waals surface area contributed by atoms with E-state index in [4.69, 9.17) is 11.6 Å². The molecule has 0 radical (unpaired) electrons. The Morgan fingerprint density at radius 2 is 1.65 bits per heavy atom. The van der Waals surface area contributed by atoms with Gasteiger partial charge in [0, 0.05) is 22.3 Å². The van der Waals surface area contributed by atoms with E-state index in [0.29, 0.717) is 10.6 Å². The molecular formula is C23H14ClF2NO4. The van der Waals surface area contributed by atoms with E-state index in [2.05, 4.69) is 0 Å². The summed E-state index contributed by atoms with van der Waals surface area (Å²) >= 11 is 5.88. The first-order chi connectivity index (χ1) is 14.8. The van der Waals surface area contributed by atoms with Crippen LogP contribution in [0.4, 0.5) is 14.5 Å². The molecule has 1 atom stereocenters. The molecular weight excluding hydrogens is 428 g/mol. The van der Waals surface area contributed by atoms with Gasteiger partial charge in [0.1, 0.15) is 11.5 Å². The number of phenolic OH excluding ortho intramolecular Hbond substituents is 1. The zero-order chi connectivity index (χ0) is 22.3. The van der Waals surface area contributed by atoms with Crippen molar-refractivity contribution >= 4 is 34.7 Å². The van der Waals surface area contributed by atoms with Crippen LogP contribution in [0.5, 0.6) is 5.75 Å². The smallest absolute Gasteiger partial charge is 0.300 e. The number of halogens is 3. The normalized spacial score (nSPS) is 17.9. The number of hydrogen-bond donors (Lipinski definition) is 2. The summed E-state index contributed by atoms with van der Waals surface area (Å²) in [5.41, 5.74) is 0.185. The molecule has 1 unspecified atom stereocenters. The van der Waals surface area contributed by atoms with E-state index in [-0.39, 0.29) is 22.6 Å². The van der Waals surface area contributed by atoms with Gasteiger partial charge in [-0.1, -0.05) is 23.7 Å². The number of benzene rings is 3. The fourth-order valence-electron chi connectivity index (χ4n) is 3.51. The molecule has 156 valence electrons. The molecule has 1 heterocycles. The van der Waals surface area contributed by atoms with Gasteiger partial charge in [0.2, 0.25) is 0 Å². The topological polar surface area (TPSA) is 77.8 Å². The third-order valence-corrected chi connectivity index (χ3v) is 5.18. The zero-order valence-corrected chi connectivity index (χ0v) is 16.5. The van der Waals surface area contributed by atoms with Crippen molar-refractivity contribution < 1.29 is 28.6 Å². The minimum absolute atomic E-state index is 0.0792. The number of aromatic hydroxyl groups is 1. The number of rotatable bonds is 3. The van der Waals surface area contributed by atoms with Crippen molar-refractivity contribution in [3.05, 3.63) is 100 Å². The predicted molar refractivity (Wildman–Crippen MR) is 111 cm³/mol. The molecule has 1 fully saturated rings. The largest absolute Gasteiger partial charge is 0.508 e. The van der Waals surface area contributed by atoms with Crippen LogP contribution in [0.2, 0.25) is 5.02 Å². The molecule has 1 aliphatic rings. The Kier molecular flexibility index (Phi) is 5.20. The van der Waals surface area contributed by atoms with Crippen molar-refractivity contribution in [2.24, 2.45) is 0 Å². The molecule has 4 rings (SSSR count). The van der Waals surface area contributed by atoms with Crippen LogP contribution in [0.3, 0.4) is 0 Å². The number of amides is 1. The highest BCUT2D eigenvalue weighted by molar-refractivity contribution is 6.51. The summed E-state index contributed by atoms with van der Waals surface area (Å²) in [5.74, 6) is -4.96. The van der Waals surface area contributed by atoms with Crippen molar-refractivity contribution in [2.45, 2.75) is 6.04 Å².